The summed E-state index contributed by atoms with van der Waals surface area (Å²) in [5.41, 5.74) is 9.82. The maximum Gasteiger partial charge on any atom is 0.430 e. The predicted molar refractivity (Wildman–Crippen MR) is 109 cm³/mol. The molecule has 0 radical (unpaired) electrons. The van der Waals surface area contributed by atoms with E-state index >= 15 is 0 Å². The number of primary amides is 1. The second-order valence-electron chi connectivity index (χ2n) is 7.53. The van der Waals surface area contributed by atoms with Gasteiger partial charge >= 0.3 is 6.18 Å². The average molecular weight is 453 g/mol. The summed E-state index contributed by atoms with van der Waals surface area (Å²) in [6.07, 6.45) is 3.46. The molecule has 0 unspecified atom stereocenters. The summed E-state index contributed by atoms with van der Waals surface area (Å²) >= 11 is 0. The molecule has 172 valence electrons. The van der Waals surface area contributed by atoms with Crippen molar-refractivity contribution in [3.63, 3.8) is 0 Å². The third-order valence-electron chi connectivity index (χ3n) is 5.06. The molecule has 32 heavy (non-hydrogen) atoms. The van der Waals surface area contributed by atoms with E-state index in [9.17, 15) is 22.4 Å². The number of hydrogen-bond acceptors (Lipinski definition) is 6. The fraction of sp³-hybridized carbons (Fsp3) is 0.429. The number of aliphatic imine (C=N–C) groups is 1. The summed E-state index contributed by atoms with van der Waals surface area (Å²) in [6.45, 7) is 0. The molecular weight excluding hydrogens is 430 g/mol. The van der Waals surface area contributed by atoms with Crippen LogP contribution in [-0.4, -0.2) is 34.8 Å². The molecule has 0 bridgehead atoms. The SMILES string of the molecule is CN=C(/C=C(\N)C(F)(F)F)C(N)=O.Fc1cnc(C2CC2)cc1-c1nc2c(o1)CCCC2. The smallest absolute Gasteiger partial charge is 0.430 e. The molecule has 0 atom stereocenters. The van der Waals surface area contributed by atoms with Gasteiger partial charge in [0.15, 0.2) is 5.82 Å². The average Bonchev–Trinajstić information content (AvgIpc) is 3.50. The number of nitrogens with two attached hydrogens (primary N) is 2. The Bertz CT molecular complexity index is 1030. The molecule has 0 aromatic carbocycles. The van der Waals surface area contributed by atoms with Gasteiger partial charge in [0, 0.05) is 25.1 Å². The molecule has 0 aliphatic heterocycles. The predicted octanol–water partition coefficient (Wildman–Crippen LogP) is 3.58. The molecular formula is C21H23F4N5O2. The number of pyridine rings is 1. The fourth-order valence-electron chi connectivity index (χ4n) is 3.16. The van der Waals surface area contributed by atoms with Crippen LogP contribution in [0.15, 0.2) is 33.4 Å². The number of amides is 1. The Labute approximate surface area is 181 Å². The van der Waals surface area contributed by atoms with Crippen LogP contribution in [-0.2, 0) is 17.6 Å². The molecule has 1 saturated carbocycles. The Hall–Kier alpha value is -3.24. The number of aromatic nitrogens is 2. The van der Waals surface area contributed by atoms with Crippen molar-refractivity contribution in [2.24, 2.45) is 16.5 Å². The van der Waals surface area contributed by atoms with Crippen molar-refractivity contribution in [3.05, 3.63) is 47.0 Å². The first kappa shape index (κ1) is 23.4. The maximum absolute atomic E-state index is 13.9. The van der Waals surface area contributed by atoms with E-state index in [1.807, 2.05) is 6.07 Å². The maximum atomic E-state index is 13.9. The molecule has 2 heterocycles. The third-order valence-corrected chi connectivity index (χ3v) is 5.06. The normalized spacial score (nSPS) is 16.8. The van der Waals surface area contributed by atoms with Gasteiger partial charge in [-0.3, -0.25) is 14.8 Å². The Morgan fingerprint density at radius 3 is 2.50 bits per heavy atom. The zero-order valence-corrected chi connectivity index (χ0v) is 17.4. The summed E-state index contributed by atoms with van der Waals surface area (Å²) in [4.78, 5) is 22.3. The van der Waals surface area contributed by atoms with Gasteiger partial charge in [0.05, 0.1) is 17.5 Å². The number of rotatable bonds is 4. The number of carbonyl (C=O) groups is 1. The highest BCUT2D eigenvalue weighted by molar-refractivity contribution is 6.42. The van der Waals surface area contributed by atoms with Crippen LogP contribution in [0.5, 0.6) is 0 Å². The second-order valence-corrected chi connectivity index (χ2v) is 7.53. The van der Waals surface area contributed by atoms with Crippen LogP contribution < -0.4 is 11.5 Å². The lowest BCUT2D eigenvalue weighted by Gasteiger charge is -2.05. The lowest BCUT2D eigenvalue weighted by molar-refractivity contribution is -0.111. The van der Waals surface area contributed by atoms with Crippen molar-refractivity contribution in [2.45, 2.75) is 50.6 Å². The standard InChI is InChI=1S/C15H15FN2O.C6H8F3N3O/c16-11-8-17-13(9-5-6-9)7-10(11)15-18-12-3-1-2-4-14(12)19-15;1-12-3(5(11)13)2-4(10)6(7,8)9/h7-9H,1-6H2;2H,10H2,1H3,(H2,11,13)/b;4-2-,12-3?. The summed E-state index contributed by atoms with van der Waals surface area (Å²) in [5.74, 6) is 0.459. The first-order chi connectivity index (χ1) is 15.1. The van der Waals surface area contributed by atoms with Crippen molar-refractivity contribution in [2.75, 3.05) is 7.05 Å². The summed E-state index contributed by atoms with van der Waals surface area (Å²) in [6, 6.07) is 1.81. The van der Waals surface area contributed by atoms with E-state index in [0.29, 0.717) is 23.4 Å². The molecule has 4 N–H and O–H groups in total. The van der Waals surface area contributed by atoms with Crippen LogP contribution in [0.4, 0.5) is 17.6 Å². The minimum absolute atomic E-state index is 0.344. The quantitative estimate of drug-likeness (QED) is 0.542. The highest BCUT2D eigenvalue weighted by Crippen LogP contribution is 2.40. The van der Waals surface area contributed by atoms with Gasteiger partial charge in [0.1, 0.15) is 17.2 Å². The van der Waals surface area contributed by atoms with Gasteiger partial charge < -0.3 is 15.9 Å². The summed E-state index contributed by atoms with van der Waals surface area (Å²) < 4.78 is 55.1. The van der Waals surface area contributed by atoms with Crippen LogP contribution in [0.25, 0.3) is 11.5 Å². The molecule has 7 nitrogen and oxygen atoms in total. The van der Waals surface area contributed by atoms with Gasteiger partial charge in [-0.05, 0) is 44.2 Å². The number of hydrogen-bond donors (Lipinski definition) is 2. The van der Waals surface area contributed by atoms with Crippen molar-refractivity contribution in [3.8, 4) is 11.5 Å². The van der Waals surface area contributed by atoms with Crippen molar-refractivity contribution in [1.82, 2.24) is 9.97 Å². The van der Waals surface area contributed by atoms with Gasteiger partial charge in [0.2, 0.25) is 5.89 Å². The van der Waals surface area contributed by atoms with Crippen LogP contribution in [0.1, 0.15) is 48.7 Å². The summed E-state index contributed by atoms with van der Waals surface area (Å²) in [5, 5.41) is 0. The topological polar surface area (TPSA) is 120 Å². The van der Waals surface area contributed by atoms with Gasteiger partial charge in [-0.2, -0.15) is 13.2 Å². The zero-order chi connectivity index (χ0) is 23.5. The molecule has 1 amide bonds. The molecule has 2 aromatic heterocycles. The third kappa shape index (κ3) is 5.71. The highest BCUT2D eigenvalue weighted by Gasteiger charge is 2.32. The Morgan fingerprint density at radius 2 is 1.94 bits per heavy atom. The molecule has 0 saturated heterocycles. The van der Waals surface area contributed by atoms with E-state index in [1.165, 1.54) is 6.20 Å². The van der Waals surface area contributed by atoms with E-state index in [0.717, 1.165) is 62.7 Å². The molecule has 0 spiro atoms. The zero-order valence-electron chi connectivity index (χ0n) is 17.4. The van der Waals surface area contributed by atoms with E-state index in [1.54, 1.807) is 0 Å². The number of alkyl halides is 3. The van der Waals surface area contributed by atoms with Crippen molar-refractivity contribution >= 4 is 11.6 Å². The van der Waals surface area contributed by atoms with E-state index in [2.05, 4.69) is 20.7 Å². The largest absolute Gasteiger partial charge is 0.441 e. The molecule has 11 heteroatoms. The minimum atomic E-state index is -4.68. The number of fused-ring (bicyclic) bond motifs is 1. The van der Waals surface area contributed by atoms with Crippen LogP contribution in [0.2, 0.25) is 0 Å². The summed E-state index contributed by atoms with van der Waals surface area (Å²) in [7, 11) is 1.14. The first-order valence-electron chi connectivity index (χ1n) is 10.1. The van der Waals surface area contributed by atoms with E-state index < -0.39 is 23.5 Å². The highest BCUT2D eigenvalue weighted by atomic mass is 19.4. The van der Waals surface area contributed by atoms with Crippen molar-refractivity contribution < 1.29 is 26.8 Å². The van der Waals surface area contributed by atoms with Crippen LogP contribution >= 0.6 is 0 Å². The lowest BCUT2D eigenvalue weighted by Crippen LogP contribution is -2.26. The second kappa shape index (κ2) is 9.49. The number of halogens is 4. The number of nitrogens with zero attached hydrogens (tertiary/aromatic N) is 3. The van der Waals surface area contributed by atoms with Gasteiger partial charge in [-0.1, -0.05) is 0 Å². The molecule has 1 fully saturated rings. The number of aryl methyl sites for hydroxylation is 2. The number of oxazole rings is 1. The van der Waals surface area contributed by atoms with E-state index in [4.69, 9.17) is 10.2 Å². The molecule has 4 rings (SSSR count). The van der Waals surface area contributed by atoms with Crippen LogP contribution in [0.3, 0.4) is 0 Å². The Morgan fingerprint density at radius 1 is 1.25 bits per heavy atom. The molecule has 2 aliphatic rings. The molecule has 2 aromatic rings. The first-order valence-corrected chi connectivity index (χ1v) is 10.1. The fourth-order valence-corrected chi connectivity index (χ4v) is 3.16. The minimum Gasteiger partial charge on any atom is -0.441 e. The van der Waals surface area contributed by atoms with Gasteiger partial charge in [0.25, 0.3) is 5.91 Å². The van der Waals surface area contributed by atoms with Crippen molar-refractivity contribution in [1.29, 1.82) is 0 Å². The van der Waals surface area contributed by atoms with Gasteiger partial charge in [-0.15, -0.1) is 0 Å². The number of allylic oxidation sites excluding steroid dienone is 1. The Kier molecular flexibility index (Phi) is 6.95. The monoisotopic (exact) mass is 453 g/mol. The van der Waals surface area contributed by atoms with Gasteiger partial charge in [-0.25, -0.2) is 9.37 Å². The Balaban J connectivity index is 0.000000198. The van der Waals surface area contributed by atoms with E-state index in [-0.39, 0.29) is 5.82 Å². The number of carbonyl (C=O) groups excluding carboxylic acids is 1. The van der Waals surface area contributed by atoms with Crippen LogP contribution in [0, 0.1) is 5.82 Å². The molecule has 2 aliphatic carbocycles. The lowest BCUT2D eigenvalue weighted by atomic mass is 10.0.